The van der Waals surface area contributed by atoms with Crippen molar-refractivity contribution in [3.8, 4) is 11.8 Å². The molecule has 0 aliphatic carbocycles. The summed E-state index contributed by atoms with van der Waals surface area (Å²) in [6.07, 6.45) is 7.75. The van der Waals surface area contributed by atoms with E-state index in [1.807, 2.05) is 69.2 Å². The van der Waals surface area contributed by atoms with Crippen molar-refractivity contribution < 1.29 is 9.53 Å². The number of rotatable bonds is 11. The number of ether oxygens (including phenoxy) is 1. The van der Waals surface area contributed by atoms with Gasteiger partial charge in [-0.3, -0.25) is 14.8 Å². The van der Waals surface area contributed by atoms with E-state index in [1.165, 1.54) is 6.08 Å². The minimum absolute atomic E-state index is 0.268. The third-order valence-corrected chi connectivity index (χ3v) is 7.00. The summed E-state index contributed by atoms with van der Waals surface area (Å²) in [5.74, 6) is 0.251. The molecule has 1 amide bonds. The van der Waals surface area contributed by atoms with E-state index < -0.39 is 0 Å². The fourth-order valence-electron chi connectivity index (χ4n) is 4.99. The number of amides is 1. The topological polar surface area (TPSA) is 108 Å². The zero-order valence-electron chi connectivity index (χ0n) is 24.9. The van der Waals surface area contributed by atoms with Gasteiger partial charge in [-0.1, -0.05) is 19.1 Å². The molecular formula is C34H35N7O2. The van der Waals surface area contributed by atoms with Gasteiger partial charge in [-0.05, 0) is 69.9 Å². The highest BCUT2D eigenvalue weighted by Gasteiger charge is 2.19. The van der Waals surface area contributed by atoms with E-state index in [0.29, 0.717) is 65.4 Å². The minimum Gasteiger partial charge on any atom is -0.492 e. The molecule has 218 valence electrons. The number of fused-ring (bicyclic) bond motifs is 2. The molecule has 2 aromatic carbocycles. The van der Waals surface area contributed by atoms with Gasteiger partial charge in [0, 0.05) is 53.1 Å². The summed E-state index contributed by atoms with van der Waals surface area (Å²) in [5, 5.41) is 18.5. The summed E-state index contributed by atoms with van der Waals surface area (Å²) < 4.78 is 8.05. The predicted octanol–water partition coefficient (Wildman–Crippen LogP) is 6.27. The third kappa shape index (κ3) is 6.66. The molecule has 0 aliphatic heterocycles. The van der Waals surface area contributed by atoms with Gasteiger partial charge < -0.3 is 24.8 Å². The first-order chi connectivity index (χ1) is 20.9. The second-order valence-electron chi connectivity index (χ2n) is 10.4. The molecule has 43 heavy (non-hydrogen) atoms. The van der Waals surface area contributed by atoms with Gasteiger partial charge in [0.1, 0.15) is 11.8 Å². The second-order valence-corrected chi connectivity index (χ2v) is 10.4. The summed E-state index contributed by atoms with van der Waals surface area (Å²) in [6.45, 7) is 5.61. The lowest BCUT2D eigenvalue weighted by atomic mass is 10.0. The Morgan fingerprint density at radius 3 is 2.72 bits per heavy atom. The largest absolute Gasteiger partial charge is 0.492 e. The molecule has 9 heteroatoms. The number of hydrogen-bond donors (Lipinski definition) is 2. The van der Waals surface area contributed by atoms with Crippen LogP contribution in [0.2, 0.25) is 0 Å². The first kappa shape index (κ1) is 29.3. The van der Waals surface area contributed by atoms with Crippen molar-refractivity contribution in [1.82, 2.24) is 19.4 Å². The molecule has 2 N–H and O–H groups in total. The van der Waals surface area contributed by atoms with E-state index >= 15 is 0 Å². The molecule has 0 unspecified atom stereocenters. The normalized spacial score (nSPS) is 11.3. The fourth-order valence-corrected chi connectivity index (χ4v) is 4.99. The number of nitriles is 1. The van der Waals surface area contributed by atoms with Crippen molar-refractivity contribution in [2.45, 2.75) is 26.8 Å². The molecule has 0 saturated carbocycles. The average molecular weight is 574 g/mol. The van der Waals surface area contributed by atoms with Crippen LogP contribution in [0.3, 0.4) is 0 Å². The summed E-state index contributed by atoms with van der Waals surface area (Å²) in [6, 6.07) is 20.1. The number of aromatic nitrogens is 3. The highest BCUT2D eigenvalue weighted by Crippen LogP contribution is 2.38. The van der Waals surface area contributed by atoms with Crippen molar-refractivity contribution in [2.75, 3.05) is 37.9 Å². The Labute approximate surface area is 251 Å². The van der Waals surface area contributed by atoms with E-state index in [1.54, 1.807) is 12.3 Å². The molecule has 3 heterocycles. The van der Waals surface area contributed by atoms with Crippen LogP contribution in [0.4, 0.5) is 17.1 Å². The van der Waals surface area contributed by atoms with Crippen LogP contribution in [0, 0.1) is 11.3 Å². The first-order valence-corrected chi connectivity index (χ1v) is 14.3. The zero-order valence-corrected chi connectivity index (χ0v) is 24.9. The van der Waals surface area contributed by atoms with Crippen LogP contribution < -0.4 is 15.4 Å². The van der Waals surface area contributed by atoms with Crippen molar-refractivity contribution in [1.29, 1.82) is 5.26 Å². The summed E-state index contributed by atoms with van der Waals surface area (Å²) >= 11 is 0. The smallest absolute Gasteiger partial charge is 0.248 e. The zero-order chi connectivity index (χ0) is 30.3. The van der Waals surface area contributed by atoms with Crippen LogP contribution in [0.1, 0.15) is 30.8 Å². The number of nitrogens with one attached hydrogen (secondary N) is 2. The van der Waals surface area contributed by atoms with Gasteiger partial charge in [-0.25, -0.2) is 0 Å². The number of pyridine rings is 2. The lowest BCUT2D eigenvalue weighted by molar-refractivity contribution is -0.111. The Morgan fingerprint density at radius 2 is 2.00 bits per heavy atom. The first-order valence-electron chi connectivity index (χ1n) is 14.3. The van der Waals surface area contributed by atoms with Crippen LogP contribution in [-0.4, -0.2) is 52.6 Å². The highest BCUT2D eigenvalue weighted by molar-refractivity contribution is 6.05. The van der Waals surface area contributed by atoms with Crippen molar-refractivity contribution in [3.05, 3.63) is 96.1 Å². The number of carbonyl (C=O) groups excluding carboxylic acids is 1. The van der Waals surface area contributed by atoms with Gasteiger partial charge in [0.15, 0.2) is 0 Å². The SMILES string of the molecule is CCOc1cc2nc(CC)c(C#N)c(Nc3ccc4c(ccn4Cc4ccccn4)c3)c2cc1NC(=O)/C=C/CN(C)C. The minimum atomic E-state index is -0.268. The maximum absolute atomic E-state index is 12.8. The number of nitrogens with zero attached hydrogens (tertiary/aromatic N) is 5. The van der Waals surface area contributed by atoms with E-state index in [2.05, 4.69) is 50.6 Å². The Balaban J connectivity index is 1.55. The van der Waals surface area contributed by atoms with Gasteiger partial charge in [-0.2, -0.15) is 5.26 Å². The van der Waals surface area contributed by atoms with Crippen LogP contribution in [0.15, 0.2) is 79.1 Å². The molecule has 5 aromatic rings. The molecule has 0 bridgehead atoms. The Bertz CT molecular complexity index is 1840. The molecule has 9 nitrogen and oxygen atoms in total. The van der Waals surface area contributed by atoms with E-state index in [9.17, 15) is 10.1 Å². The molecule has 0 aliphatic rings. The van der Waals surface area contributed by atoms with Crippen molar-refractivity contribution in [3.63, 3.8) is 0 Å². The maximum atomic E-state index is 12.8. The standard InChI is InChI=1S/C34H35N7O2/c1-5-28-27(21-35)34(37-24-12-13-31-23(18-24)14-17-41(31)22-25-10-7-8-15-36-25)26-19-30(32(43-6-2)20-29(26)38-28)39-33(42)11-9-16-40(3)4/h7-15,17-20H,5-6,16,22H2,1-4H3,(H,37,38)(H,39,42)/b11-9+. The van der Waals surface area contributed by atoms with Crippen molar-refractivity contribution in [2.24, 2.45) is 0 Å². The molecule has 0 spiro atoms. The van der Waals surface area contributed by atoms with E-state index in [-0.39, 0.29) is 5.91 Å². The lowest BCUT2D eigenvalue weighted by Gasteiger charge is -2.18. The number of likely N-dealkylation sites (N-methyl/N-ethyl adjacent to an activating group) is 1. The average Bonchev–Trinajstić information content (AvgIpc) is 3.39. The van der Waals surface area contributed by atoms with E-state index in [4.69, 9.17) is 9.72 Å². The molecule has 0 fully saturated rings. The number of carbonyl (C=O) groups is 1. The van der Waals surface area contributed by atoms with Gasteiger partial charge in [0.2, 0.25) is 5.91 Å². The highest BCUT2D eigenvalue weighted by atomic mass is 16.5. The van der Waals surface area contributed by atoms with Gasteiger partial charge in [0.25, 0.3) is 0 Å². The molecule has 0 radical (unpaired) electrons. The predicted molar refractivity (Wildman–Crippen MR) is 172 cm³/mol. The number of benzene rings is 2. The quantitative estimate of drug-likeness (QED) is 0.179. The molecular weight excluding hydrogens is 538 g/mol. The van der Waals surface area contributed by atoms with Crippen LogP contribution in [0.5, 0.6) is 5.75 Å². The Morgan fingerprint density at radius 1 is 1.14 bits per heavy atom. The van der Waals surface area contributed by atoms with Crippen LogP contribution >= 0.6 is 0 Å². The monoisotopic (exact) mass is 573 g/mol. The fraction of sp³-hybridized carbons (Fsp3) is 0.235. The van der Waals surface area contributed by atoms with Crippen molar-refractivity contribution >= 4 is 44.8 Å². The molecule has 0 saturated heterocycles. The number of anilines is 3. The summed E-state index contributed by atoms with van der Waals surface area (Å²) in [4.78, 5) is 24.0. The molecule has 0 atom stereocenters. The number of hydrogen-bond acceptors (Lipinski definition) is 7. The Hall–Kier alpha value is -5.20. The second kappa shape index (κ2) is 13.2. The third-order valence-electron chi connectivity index (χ3n) is 7.00. The molecule has 3 aromatic heterocycles. The Kier molecular flexibility index (Phi) is 8.99. The number of aryl methyl sites for hydroxylation is 1. The van der Waals surface area contributed by atoms with Crippen LogP contribution in [-0.2, 0) is 17.8 Å². The van der Waals surface area contributed by atoms with Crippen LogP contribution in [0.25, 0.3) is 21.8 Å². The maximum Gasteiger partial charge on any atom is 0.248 e. The lowest BCUT2D eigenvalue weighted by Crippen LogP contribution is -2.13. The summed E-state index contributed by atoms with van der Waals surface area (Å²) in [5.41, 5.74) is 5.87. The molecule has 5 rings (SSSR count). The van der Waals surface area contributed by atoms with Gasteiger partial charge >= 0.3 is 0 Å². The van der Waals surface area contributed by atoms with Gasteiger partial charge in [0.05, 0.1) is 47.0 Å². The van der Waals surface area contributed by atoms with E-state index in [0.717, 1.165) is 22.3 Å². The van der Waals surface area contributed by atoms with Gasteiger partial charge in [-0.15, -0.1) is 0 Å². The summed E-state index contributed by atoms with van der Waals surface area (Å²) in [7, 11) is 3.88.